The van der Waals surface area contributed by atoms with E-state index in [2.05, 4.69) is 20.6 Å². The SMILES string of the molecule is CC(=O)c1cccc(-c2ccc(/C=N/n3nnnc3N)o2)c1. The number of furan rings is 1. The van der Waals surface area contributed by atoms with E-state index in [0.717, 1.165) is 10.4 Å². The number of carbonyl (C=O) groups excluding carboxylic acids is 1. The summed E-state index contributed by atoms with van der Waals surface area (Å²) in [7, 11) is 0. The third-order valence-corrected chi connectivity index (χ3v) is 2.95. The van der Waals surface area contributed by atoms with E-state index >= 15 is 0 Å². The van der Waals surface area contributed by atoms with Gasteiger partial charge in [-0.25, -0.2) is 0 Å². The van der Waals surface area contributed by atoms with Gasteiger partial charge in [-0.3, -0.25) is 4.79 Å². The van der Waals surface area contributed by atoms with Crippen molar-refractivity contribution >= 4 is 17.9 Å². The van der Waals surface area contributed by atoms with Crippen LogP contribution in [0.25, 0.3) is 11.3 Å². The van der Waals surface area contributed by atoms with Crippen molar-refractivity contribution in [3.05, 3.63) is 47.7 Å². The number of aromatic nitrogens is 4. The molecule has 1 aromatic carbocycles. The number of Topliss-reactive ketones (excluding diaryl/α,β-unsaturated/α-hetero) is 1. The van der Waals surface area contributed by atoms with Crippen LogP contribution in [0.5, 0.6) is 0 Å². The normalized spacial score (nSPS) is 11.1. The highest BCUT2D eigenvalue weighted by Crippen LogP contribution is 2.22. The Bertz CT molecular complexity index is 848. The van der Waals surface area contributed by atoms with Gasteiger partial charge in [-0.05, 0) is 35.5 Å². The first-order valence-corrected chi connectivity index (χ1v) is 6.43. The third-order valence-electron chi connectivity index (χ3n) is 2.95. The van der Waals surface area contributed by atoms with Crippen LogP contribution in [-0.2, 0) is 0 Å². The molecule has 0 saturated heterocycles. The van der Waals surface area contributed by atoms with Crippen molar-refractivity contribution < 1.29 is 9.21 Å². The number of nitrogens with zero attached hydrogens (tertiary/aromatic N) is 5. The summed E-state index contributed by atoms with van der Waals surface area (Å²) in [5.74, 6) is 1.23. The molecule has 2 heterocycles. The maximum absolute atomic E-state index is 11.4. The molecule has 0 unspecified atom stereocenters. The quantitative estimate of drug-likeness (QED) is 0.578. The summed E-state index contributed by atoms with van der Waals surface area (Å²) in [6.45, 7) is 1.52. The Morgan fingerprint density at radius 1 is 1.36 bits per heavy atom. The second-order valence-corrected chi connectivity index (χ2v) is 4.51. The molecule has 0 atom stereocenters. The molecule has 0 bridgehead atoms. The molecule has 110 valence electrons. The van der Waals surface area contributed by atoms with Gasteiger partial charge in [0.2, 0.25) is 0 Å². The van der Waals surface area contributed by atoms with E-state index in [4.69, 9.17) is 10.2 Å². The maximum atomic E-state index is 11.4. The summed E-state index contributed by atoms with van der Waals surface area (Å²) < 4.78 is 5.66. The fourth-order valence-corrected chi connectivity index (χ4v) is 1.85. The minimum atomic E-state index is 0.00403. The summed E-state index contributed by atoms with van der Waals surface area (Å²) >= 11 is 0. The highest BCUT2D eigenvalue weighted by Gasteiger charge is 2.06. The van der Waals surface area contributed by atoms with Crippen molar-refractivity contribution in [1.29, 1.82) is 0 Å². The number of rotatable bonds is 4. The molecule has 22 heavy (non-hydrogen) atoms. The van der Waals surface area contributed by atoms with Crippen molar-refractivity contribution in [3.8, 4) is 11.3 Å². The summed E-state index contributed by atoms with van der Waals surface area (Å²) in [6, 6.07) is 10.8. The number of tetrazole rings is 1. The Labute approximate surface area is 125 Å². The van der Waals surface area contributed by atoms with Gasteiger partial charge in [0.25, 0.3) is 5.95 Å². The number of benzene rings is 1. The Balaban J connectivity index is 1.85. The lowest BCUT2D eigenvalue weighted by Gasteiger charge is -1.99. The van der Waals surface area contributed by atoms with Crippen molar-refractivity contribution in [2.75, 3.05) is 5.73 Å². The van der Waals surface area contributed by atoms with Gasteiger partial charge in [-0.1, -0.05) is 28.1 Å². The van der Waals surface area contributed by atoms with E-state index in [0.29, 0.717) is 17.1 Å². The Kier molecular flexibility index (Phi) is 3.48. The van der Waals surface area contributed by atoms with Gasteiger partial charge in [0, 0.05) is 11.1 Å². The molecule has 0 aliphatic carbocycles. The smallest absolute Gasteiger partial charge is 0.263 e. The molecule has 0 aliphatic rings. The van der Waals surface area contributed by atoms with Crippen molar-refractivity contribution in [2.45, 2.75) is 6.92 Å². The zero-order chi connectivity index (χ0) is 15.5. The average Bonchev–Trinajstić information content (AvgIpc) is 3.14. The van der Waals surface area contributed by atoms with Gasteiger partial charge in [0.1, 0.15) is 11.5 Å². The Hall–Kier alpha value is -3.29. The van der Waals surface area contributed by atoms with Crippen LogP contribution in [0, 0.1) is 0 Å². The van der Waals surface area contributed by atoms with E-state index in [1.807, 2.05) is 12.1 Å². The lowest BCUT2D eigenvalue weighted by molar-refractivity contribution is 0.101. The fraction of sp³-hybridized carbons (Fsp3) is 0.0714. The highest BCUT2D eigenvalue weighted by atomic mass is 16.3. The lowest BCUT2D eigenvalue weighted by Crippen LogP contribution is -1.99. The van der Waals surface area contributed by atoms with Crippen molar-refractivity contribution in [2.24, 2.45) is 5.10 Å². The van der Waals surface area contributed by atoms with Crippen LogP contribution in [0.1, 0.15) is 23.0 Å². The van der Waals surface area contributed by atoms with Crippen LogP contribution in [0.15, 0.2) is 45.9 Å². The van der Waals surface area contributed by atoms with Crippen LogP contribution in [0.4, 0.5) is 5.95 Å². The number of nitrogen functional groups attached to an aromatic ring is 1. The van der Waals surface area contributed by atoms with Gasteiger partial charge < -0.3 is 10.2 Å². The number of hydrogen-bond donors (Lipinski definition) is 1. The molecule has 3 aromatic rings. The van der Waals surface area contributed by atoms with Crippen molar-refractivity contribution in [1.82, 2.24) is 20.3 Å². The largest absolute Gasteiger partial charge is 0.455 e. The molecule has 0 spiro atoms. The second-order valence-electron chi connectivity index (χ2n) is 4.51. The predicted octanol–water partition coefficient (Wildman–Crippen LogP) is 1.60. The van der Waals surface area contributed by atoms with E-state index in [1.165, 1.54) is 13.1 Å². The zero-order valence-corrected chi connectivity index (χ0v) is 11.7. The van der Waals surface area contributed by atoms with Crippen LogP contribution < -0.4 is 5.73 Å². The average molecular weight is 296 g/mol. The van der Waals surface area contributed by atoms with E-state index < -0.39 is 0 Å². The monoisotopic (exact) mass is 296 g/mol. The van der Waals surface area contributed by atoms with Crippen LogP contribution in [-0.4, -0.2) is 32.3 Å². The van der Waals surface area contributed by atoms with Gasteiger partial charge >= 0.3 is 0 Å². The summed E-state index contributed by atoms with van der Waals surface area (Å²) in [4.78, 5) is 12.5. The first-order chi connectivity index (χ1) is 10.6. The van der Waals surface area contributed by atoms with Crippen LogP contribution in [0.3, 0.4) is 0 Å². The first kappa shape index (κ1) is 13.7. The molecule has 0 saturated carbocycles. The molecule has 8 nitrogen and oxygen atoms in total. The van der Waals surface area contributed by atoms with Gasteiger partial charge in [-0.2, -0.15) is 5.10 Å². The van der Waals surface area contributed by atoms with E-state index in [-0.39, 0.29) is 11.7 Å². The second kappa shape index (κ2) is 5.60. The number of anilines is 1. The molecule has 2 N–H and O–H groups in total. The molecule has 8 heteroatoms. The fourth-order valence-electron chi connectivity index (χ4n) is 1.85. The zero-order valence-electron chi connectivity index (χ0n) is 11.7. The molecule has 2 aromatic heterocycles. The van der Waals surface area contributed by atoms with Gasteiger partial charge in [0.05, 0.1) is 6.21 Å². The topological polar surface area (TPSA) is 112 Å². The molecule has 0 fully saturated rings. The molecule has 0 amide bonds. The van der Waals surface area contributed by atoms with E-state index in [1.54, 1.807) is 24.3 Å². The summed E-state index contributed by atoms with van der Waals surface area (Å²) in [6.07, 6.45) is 1.45. The molecule has 3 rings (SSSR count). The molecule has 0 radical (unpaired) electrons. The first-order valence-electron chi connectivity index (χ1n) is 6.43. The minimum Gasteiger partial charge on any atom is -0.455 e. The minimum absolute atomic E-state index is 0.00403. The Morgan fingerprint density at radius 3 is 2.95 bits per heavy atom. The predicted molar refractivity (Wildman–Crippen MR) is 79.4 cm³/mol. The standard InChI is InChI=1S/C14H12N6O2/c1-9(21)10-3-2-4-11(7-10)13-6-5-12(22-13)8-16-20-14(15)17-18-19-20/h2-8H,1H3,(H2,15,17,19)/b16-8+. The number of carbonyl (C=O) groups is 1. The third kappa shape index (κ3) is 2.75. The number of nitrogens with two attached hydrogens (primary N) is 1. The molecular formula is C14H12N6O2. The lowest BCUT2D eigenvalue weighted by atomic mass is 10.1. The summed E-state index contributed by atoms with van der Waals surface area (Å²) in [5, 5.41) is 14.4. The molecule has 0 aliphatic heterocycles. The van der Waals surface area contributed by atoms with E-state index in [9.17, 15) is 4.79 Å². The van der Waals surface area contributed by atoms with Gasteiger partial charge in [-0.15, -0.1) is 0 Å². The number of ketones is 1. The van der Waals surface area contributed by atoms with Crippen LogP contribution >= 0.6 is 0 Å². The highest BCUT2D eigenvalue weighted by molar-refractivity contribution is 5.95. The number of hydrogen-bond acceptors (Lipinski definition) is 7. The Morgan fingerprint density at radius 2 is 2.23 bits per heavy atom. The summed E-state index contributed by atoms with van der Waals surface area (Å²) in [5.41, 5.74) is 6.94. The molecular weight excluding hydrogens is 284 g/mol. The van der Waals surface area contributed by atoms with Crippen molar-refractivity contribution in [3.63, 3.8) is 0 Å². The van der Waals surface area contributed by atoms with Gasteiger partial charge in [0.15, 0.2) is 5.78 Å². The van der Waals surface area contributed by atoms with Crippen LogP contribution in [0.2, 0.25) is 0 Å². The maximum Gasteiger partial charge on any atom is 0.263 e.